The summed E-state index contributed by atoms with van der Waals surface area (Å²) in [5, 5.41) is 0. The zero-order valence-corrected chi connectivity index (χ0v) is 8.16. The fourth-order valence-electron chi connectivity index (χ4n) is 0.277. The van der Waals surface area contributed by atoms with E-state index in [9.17, 15) is 0 Å². The molecule has 3 heteroatoms. The number of halogens is 1. The number of pyridine rings is 1. The van der Waals surface area contributed by atoms with E-state index in [0.29, 0.717) is 0 Å². The molecule has 0 radical (unpaired) electrons. The number of nitrogens with zero attached hydrogens (tertiary/aromatic N) is 1. The summed E-state index contributed by atoms with van der Waals surface area (Å²) in [6.07, 6.45) is 3.39. The van der Waals surface area contributed by atoms with Crippen molar-refractivity contribution in [3.63, 3.8) is 0 Å². The minimum atomic E-state index is 0. The summed E-state index contributed by atoms with van der Waals surface area (Å²) >= 11 is 0. The maximum absolute atomic E-state index is 3.75. The number of rotatable bonds is 0. The van der Waals surface area contributed by atoms with Crippen molar-refractivity contribution in [2.75, 3.05) is 0 Å². The van der Waals surface area contributed by atoms with E-state index >= 15 is 0 Å². The molecule has 8 heavy (non-hydrogen) atoms. The summed E-state index contributed by atoms with van der Waals surface area (Å²) in [5.41, 5.74) is 0. The summed E-state index contributed by atoms with van der Waals surface area (Å²) < 4.78 is 0. The van der Waals surface area contributed by atoms with Gasteiger partial charge in [0.05, 0.1) is 0 Å². The van der Waals surface area contributed by atoms with Gasteiger partial charge in [-0.2, -0.15) is 18.2 Å². The Morgan fingerprint density at radius 2 is 1.62 bits per heavy atom. The van der Waals surface area contributed by atoms with Crippen molar-refractivity contribution in [3.8, 4) is 0 Å². The van der Waals surface area contributed by atoms with Crippen LogP contribution in [0.25, 0.3) is 0 Å². The zero-order valence-electron chi connectivity index (χ0n) is 4.37. The molecule has 0 fully saturated rings. The molecule has 1 nitrogen and oxygen atoms in total. The monoisotopic (exact) mass is 178 g/mol. The molecule has 0 atom stereocenters. The summed E-state index contributed by atoms with van der Waals surface area (Å²) in [7, 11) is 0. The molecule has 0 unspecified atom stereocenters. The minimum absolute atomic E-state index is 0. The van der Waals surface area contributed by atoms with E-state index in [1.165, 1.54) is 0 Å². The van der Waals surface area contributed by atoms with Crippen LogP contribution in [-0.4, -0.2) is 4.98 Å². The third-order valence-corrected chi connectivity index (χ3v) is 0.514. The van der Waals surface area contributed by atoms with Crippen LogP contribution in [0.5, 0.6) is 0 Å². The topological polar surface area (TPSA) is 12.9 Å². The number of aromatic nitrogens is 1. The van der Waals surface area contributed by atoms with E-state index in [2.05, 4.69) is 11.1 Å². The van der Waals surface area contributed by atoms with Gasteiger partial charge in [0.25, 0.3) is 0 Å². The molecule has 1 rings (SSSR count). The SMILES string of the molecule is Cl.[Zn].[c-]1ccncc1. The Balaban J connectivity index is 0. The molecule has 0 bridgehead atoms. The fourth-order valence-corrected chi connectivity index (χ4v) is 0.277. The first-order valence-corrected chi connectivity index (χ1v) is 1.76. The average Bonchev–Trinajstić information content (AvgIpc) is 1.72. The summed E-state index contributed by atoms with van der Waals surface area (Å²) in [5.74, 6) is 0. The molecule has 0 aliphatic carbocycles. The van der Waals surface area contributed by atoms with Crippen molar-refractivity contribution in [2.24, 2.45) is 0 Å². The predicted octanol–water partition coefficient (Wildman–Crippen LogP) is 1.30. The van der Waals surface area contributed by atoms with Gasteiger partial charge in [-0.05, 0) is 0 Å². The standard InChI is InChI=1S/C5H4N.ClH.Zn/c1-2-4-6-5-3-1;;/h2-5H;1H;/q-1;;. The van der Waals surface area contributed by atoms with Gasteiger partial charge in [0.1, 0.15) is 0 Å². The fraction of sp³-hybridized carbons (Fsp3) is 0. The number of hydrogen-bond acceptors (Lipinski definition) is 1. The Morgan fingerprint density at radius 1 is 1.12 bits per heavy atom. The molecular weight excluding hydrogens is 175 g/mol. The van der Waals surface area contributed by atoms with E-state index in [4.69, 9.17) is 0 Å². The molecule has 1 aromatic heterocycles. The molecular formula is C5H5ClNZn-. The van der Waals surface area contributed by atoms with Gasteiger partial charge in [-0.1, -0.05) is 12.4 Å². The molecule has 0 amide bonds. The first-order valence-electron chi connectivity index (χ1n) is 1.76. The van der Waals surface area contributed by atoms with E-state index in [-0.39, 0.29) is 31.9 Å². The Hall–Kier alpha value is 0.0634. The van der Waals surface area contributed by atoms with E-state index < -0.39 is 0 Å². The van der Waals surface area contributed by atoms with Gasteiger partial charge in [0, 0.05) is 19.5 Å². The molecule has 1 aromatic rings. The van der Waals surface area contributed by atoms with Crippen molar-refractivity contribution in [1.82, 2.24) is 4.98 Å². The first-order chi connectivity index (χ1) is 3.00. The molecule has 40 valence electrons. The van der Waals surface area contributed by atoms with Crippen LogP contribution in [0.2, 0.25) is 0 Å². The van der Waals surface area contributed by atoms with Crippen molar-refractivity contribution >= 4 is 12.4 Å². The van der Waals surface area contributed by atoms with E-state index in [1.54, 1.807) is 24.5 Å². The van der Waals surface area contributed by atoms with Crippen molar-refractivity contribution < 1.29 is 19.5 Å². The summed E-state index contributed by atoms with van der Waals surface area (Å²) in [6, 6.07) is 6.36. The van der Waals surface area contributed by atoms with Crippen LogP contribution in [0.4, 0.5) is 0 Å². The van der Waals surface area contributed by atoms with Gasteiger partial charge >= 0.3 is 0 Å². The summed E-state index contributed by atoms with van der Waals surface area (Å²) in [4.78, 5) is 3.75. The normalized spacial score (nSPS) is 6.00. The van der Waals surface area contributed by atoms with Crippen LogP contribution in [-0.2, 0) is 19.5 Å². The van der Waals surface area contributed by atoms with E-state index in [0.717, 1.165) is 0 Å². The van der Waals surface area contributed by atoms with Gasteiger partial charge in [-0.3, -0.25) is 0 Å². The molecule has 0 aromatic carbocycles. The Kier molecular flexibility index (Phi) is 9.66. The Bertz CT molecular complexity index is 84.4. The summed E-state index contributed by atoms with van der Waals surface area (Å²) in [6.45, 7) is 0. The molecule has 0 N–H and O–H groups in total. The van der Waals surface area contributed by atoms with Crippen LogP contribution in [0.1, 0.15) is 0 Å². The minimum Gasteiger partial charge on any atom is -0.391 e. The molecule has 0 aliphatic heterocycles. The quantitative estimate of drug-likeness (QED) is 0.433. The molecule has 0 saturated carbocycles. The van der Waals surface area contributed by atoms with Crippen LogP contribution < -0.4 is 0 Å². The van der Waals surface area contributed by atoms with Gasteiger partial charge in [-0.25, -0.2) is 0 Å². The van der Waals surface area contributed by atoms with Gasteiger partial charge in [-0.15, -0.1) is 12.4 Å². The molecule has 0 spiro atoms. The second kappa shape index (κ2) is 7.06. The van der Waals surface area contributed by atoms with Gasteiger partial charge in [0.15, 0.2) is 0 Å². The third kappa shape index (κ3) is 4.23. The van der Waals surface area contributed by atoms with Crippen LogP contribution in [0, 0.1) is 6.07 Å². The smallest absolute Gasteiger partial charge is 0 e. The molecule has 1 heterocycles. The largest absolute Gasteiger partial charge is 0.391 e. The van der Waals surface area contributed by atoms with Crippen molar-refractivity contribution in [3.05, 3.63) is 30.6 Å². The van der Waals surface area contributed by atoms with Gasteiger partial charge in [0.2, 0.25) is 0 Å². The Labute approximate surface area is 67.7 Å². The molecule has 0 aliphatic rings. The van der Waals surface area contributed by atoms with Crippen molar-refractivity contribution in [1.29, 1.82) is 0 Å². The second-order valence-corrected chi connectivity index (χ2v) is 0.947. The first kappa shape index (κ1) is 10.9. The van der Waals surface area contributed by atoms with Crippen LogP contribution >= 0.6 is 12.4 Å². The Morgan fingerprint density at radius 3 is 1.75 bits per heavy atom. The second-order valence-electron chi connectivity index (χ2n) is 0.947. The molecule has 0 saturated heterocycles. The van der Waals surface area contributed by atoms with Gasteiger partial charge < -0.3 is 4.98 Å². The van der Waals surface area contributed by atoms with Crippen LogP contribution in [0.3, 0.4) is 0 Å². The predicted molar refractivity (Wildman–Crippen MR) is 30.3 cm³/mol. The maximum Gasteiger partial charge on any atom is 0 e. The van der Waals surface area contributed by atoms with Crippen molar-refractivity contribution in [2.45, 2.75) is 0 Å². The number of hydrogen-bond donors (Lipinski definition) is 0. The zero-order chi connectivity index (χ0) is 4.24. The van der Waals surface area contributed by atoms with Crippen LogP contribution in [0.15, 0.2) is 24.5 Å². The maximum atomic E-state index is 3.75. The average molecular weight is 180 g/mol. The van der Waals surface area contributed by atoms with E-state index in [1.807, 2.05) is 0 Å². The third-order valence-electron chi connectivity index (χ3n) is 0.514.